The largest absolute Gasteiger partial charge is 0.358 e. The van der Waals surface area contributed by atoms with Crippen LogP contribution in [0, 0.1) is 5.92 Å². The first-order valence-corrected chi connectivity index (χ1v) is 8.65. The molecule has 0 aromatic heterocycles. The van der Waals surface area contributed by atoms with E-state index in [4.69, 9.17) is 0 Å². The van der Waals surface area contributed by atoms with Crippen molar-refractivity contribution in [2.75, 3.05) is 47.8 Å². The second kappa shape index (κ2) is 9.23. The summed E-state index contributed by atoms with van der Waals surface area (Å²) in [6.45, 7) is 6.62. The summed E-state index contributed by atoms with van der Waals surface area (Å²) in [6, 6.07) is -0.373. The summed E-state index contributed by atoms with van der Waals surface area (Å²) >= 11 is 0. The van der Waals surface area contributed by atoms with Crippen molar-refractivity contribution in [2.45, 2.75) is 45.2 Å². The highest BCUT2D eigenvalue weighted by Crippen LogP contribution is 2.25. The predicted molar refractivity (Wildman–Crippen MR) is 93.2 cm³/mol. The number of likely N-dealkylation sites (N-methyl/N-ethyl adjacent to an activating group) is 3. The lowest BCUT2D eigenvalue weighted by Crippen LogP contribution is -2.53. The summed E-state index contributed by atoms with van der Waals surface area (Å²) in [7, 11) is 7.54. The van der Waals surface area contributed by atoms with Gasteiger partial charge >= 0.3 is 0 Å². The molecule has 1 heterocycles. The standard InChI is InChI=1S/C17H34N4O2/c1-13(2)12-15(16(22)18-3)21-9-7-8-14(21)17(23)20(6)11-10-19(4)5/h13-15H,7-12H2,1-6H3,(H,18,22)/t14-,15+/m0/s1. The lowest BCUT2D eigenvalue weighted by Gasteiger charge is -2.34. The fraction of sp³-hybridized carbons (Fsp3) is 0.882. The molecule has 6 heteroatoms. The van der Waals surface area contributed by atoms with Crippen LogP contribution in [0.4, 0.5) is 0 Å². The van der Waals surface area contributed by atoms with E-state index in [1.165, 1.54) is 0 Å². The van der Waals surface area contributed by atoms with Gasteiger partial charge in [-0.15, -0.1) is 0 Å². The number of hydrogen-bond donors (Lipinski definition) is 1. The summed E-state index contributed by atoms with van der Waals surface area (Å²) in [6.07, 6.45) is 2.60. The van der Waals surface area contributed by atoms with Crippen LogP contribution < -0.4 is 5.32 Å². The van der Waals surface area contributed by atoms with Crippen LogP contribution in [0.5, 0.6) is 0 Å². The van der Waals surface area contributed by atoms with E-state index >= 15 is 0 Å². The van der Waals surface area contributed by atoms with Gasteiger partial charge in [-0.1, -0.05) is 13.8 Å². The van der Waals surface area contributed by atoms with Crippen molar-refractivity contribution in [2.24, 2.45) is 5.92 Å². The van der Waals surface area contributed by atoms with Crippen LogP contribution >= 0.6 is 0 Å². The predicted octanol–water partition coefficient (Wildman–Crippen LogP) is 0.632. The topological polar surface area (TPSA) is 55.9 Å². The summed E-state index contributed by atoms with van der Waals surface area (Å²) < 4.78 is 0. The number of carbonyl (C=O) groups is 2. The van der Waals surface area contributed by atoms with Crippen molar-refractivity contribution in [1.29, 1.82) is 0 Å². The molecule has 0 aromatic carbocycles. The van der Waals surface area contributed by atoms with Gasteiger partial charge in [0.05, 0.1) is 12.1 Å². The second-order valence-corrected chi connectivity index (χ2v) is 7.22. The smallest absolute Gasteiger partial charge is 0.239 e. The first kappa shape index (κ1) is 19.9. The van der Waals surface area contributed by atoms with Crippen molar-refractivity contribution in [3.8, 4) is 0 Å². The first-order valence-electron chi connectivity index (χ1n) is 8.65. The van der Waals surface area contributed by atoms with Gasteiger partial charge < -0.3 is 15.1 Å². The van der Waals surface area contributed by atoms with Crippen LogP contribution in [0.2, 0.25) is 0 Å². The molecule has 0 aliphatic carbocycles. The van der Waals surface area contributed by atoms with Crippen molar-refractivity contribution in [3.05, 3.63) is 0 Å². The van der Waals surface area contributed by atoms with Gasteiger partial charge in [0, 0.05) is 27.2 Å². The Bertz CT molecular complexity index is 398. The molecule has 0 radical (unpaired) electrons. The van der Waals surface area contributed by atoms with Gasteiger partial charge in [-0.2, -0.15) is 0 Å². The van der Waals surface area contributed by atoms with Gasteiger partial charge in [-0.05, 0) is 45.8 Å². The highest BCUT2D eigenvalue weighted by Gasteiger charge is 2.39. The zero-order valence-electron chi connectivity index (χ0n) is 15.6. The Morgan fingerprint density at radius 3 is 2.39 bits per heavy atom. The van der Waals surface area contributed by atoms with Crippen molar-refractivity contribution in [1.82, 2.24) is 20.0 Å². The Balaban J connectivity index is 2.80. The monoisotopic (exact) mass is 326 g/mol. The van der Waals surface area contributed by atoms with Gasteiger partial charge in [0.2, 0.25) is 11.8 Å². The van der Waals surface area contributed by atoms with Crippen LogP contribution in [0.1, 0.15) is 33.1 Å². The molecule has 0 unspecified atom stereocenters. The zero-order chi connectivity index (χ0) is 17.6. The molecule has 6 nitrogen and oxygen atoms in total. The van der Waals surface area contributed by atoms with Gasteiger partial charge in [-0.25, -0.2) is 0 Å². The van der Waals surface area contributed by atoms with Crippen LogP contribution in [0.25, 0.3) is 0 Å². The third-order valence-electron chi connectivity index (χ3n) is 4.48. The average Bonchev–Trinajstić information content (AvgIpc) is 2.97. The van der Waals surface area contributed by atoms with Gasteiger partial charge in [-0.3, -0.25) is 14.5 Å². The number of carbonyl (C=O) groups excluding carboxylic acids is 2. The number of hydrogen-bond acceptors (Lipinski definition) is 4. The molecule has 0 bridgehead atoms. The molecular weight excluding hydrogens is 292 g/mol. The molecule has 2 atom stereocenters. The van der Waals surface area contributed by atoms with E-state index in [9.17, 15) is 9.59 Å². The Labute approximate surface area is 141 Å². The van der Waals surface area contributed by atoms with E-state index in [0.717, 1.165) is 32.4 Å². The molecule has 1 fully saturated rings. The lowest BCUT2D eigenvalue weighted by molar-refractivity contribution is -0.137. The minimum Gasteiger partial charge on any atom is -0.358 e. The molecular formula is C17H34N4O2. The van der Waals surface area contributed by atoms with Crippen molar-refractivity contribution in [3.63, 3.8) is 0 Å². The number of amides is 2. The number of nitrogens with zero attached hydrogens (tertiary/aromatic N) is 3. The first-order chi connectivity index (χ1) is 10.8. The van der Waals surface area contributed by atoms with Crippen LogP contribution in [-0.4, -0.2) is 86.4 Å². The van der Waals surface area contributed by atoms with Crippen molar-refractivity contribution < 1.29 is 9.59 Å². The van der Waals surface area contributed by atoms with Crippen LogP contribution in [0.3, 0.4) is 0 Å². The quantitative estimate of drug-likeness (QED) is 0.711. The fourth-order valence-electron chi connectivity index (χ4n) is 3.15. The Morgan fingerprint density at radius 1 is 1.22 bits per heavy atom. The summed E-state index contributed by atoms with van der Waals surface area (Å²) in [5.74, 6) is 0.580. The summed E-state index contributed by atoms with van der Waals surface area (Å²) in [5.41, 5.74) is 0. The molecule has 1 aliphatic rings. The van der Waals surface area contributed by atoms with E-state index in [1.807, 2.05) is 21.1 Å². The molecule has 1 rings (SSSR count). The maximum absolute atomic E-state index is 12.8. The lowest BCUT2D eigenvalue weighted by atomic mass is 10.0. The molecule has 23 heavy (non-hydrogen) atoms. The summed E-state index contributed by atoms with van der Waals surface area (Å²) in [5, 5.41) is 2.76. The van der Waals surface area contributed by atoms with Gasteiger partial charge in [0.1, 0.15) is 0 Å². The fourth-order valence-corrected chi connectivity index (χ4v) is 3.15. The third-order valence-corrected chi connectivity index (χ3v) is 4.48. The number of likely N-dealkylation sites (tertiary alicyclic amines) is 1. The third kappa shape index (κ3) is 5.77. The Kier molecular flexibility index (Phi) is 7.99. The average molecular weight is 326 g/mol. The van der Waals surface area contributed by atoms with Crippen LogP contribution in [-0.2, 0) is 9.59 Å². The molecule has 1 aliphatic heterocycles. The summed E-state index contributed by atoms with van der Waals surface area (Å²) in [4.78, 5) is 31.1. The van der Waals surface area contributed by atoms with Crippen molar-refractivity contribution >= 4 is 11.8 Å². The molecule has 2 amide bonds. The number of rotatable bonds is 8. The molecule has 0 spiro atoms. The van der Waals surface area contributed by atoms with E-state index in [-0.39, 0.29) is 23.9 Å². The van der Waals surface area contributed by atoms with E-state index in [1.54, 1.807) is 11.9 Å². The minimum atomic E-state index is -0.210. The molecule has 1 saturated heterocycles. The van der Waals surface area contributed by atoms with E-state index in [2.05, 4.69) is 29.0 Å². The highest BCUT2D eigenvalue weighted by atomic mass is 16.2. The molecule has 0 saturated carbocycles. The Hall–Kier alpha value is -1.14. The number of nitrogens with one attached hydrogen (secondary N) is 1. The zero-order valence-corrected chi connectivity index (χ0v) is 15.6. The molecule has 0 aromatic rings. The molecule has 1 N–H and O–H groups in total. The Morgan fingerprint density at radius 2 is 1.87 bits per heavy atom. The van der Waals surface area contributed by atoms with Crippen LogP contribution in [0.15, 0.2) is 0 Å². The van der Waals surface area contributed by atoms with E-state index in [0.29, 0.717) is 12.5 Å². The highest BCUT2D eigenvalue weighted by molar-refractivity contribution is 5.85. The van der Waals surface area contributed by atoms with Gasteiger partial charge in [0.15, 0.2) is 0 Å². The normalized spacial score (nSPS) is 20.1. The van der Waals surface area contributed by atoms with Gasteiger partial charge in [0.25, 0.3) is 0 Å². The maximum atomic E-state index is 12.8. The maximum Gasteiger partial charge on any atom is 0.239 e. The second-order valence-electron chi connectivity index (χ2n) is 7.22. The SMILES string of the molecule is CNC(=O)[C@@H](CC(C)C)N1CCC[C@H]1C(=O)N(C)CCN(C)C. The molecule has 134 valence electrons. The van der Waals surface area contributed by atoms with E-state index < -0.39 is 0 Å². The minimum absolute atomic E-state index is 0.0225.